The van der Waals surface area contributed by atoms with Gasteiger partial charge < -0.3 is 25.2 Å². The molecule has 4 heterocycles. The highest BCUT2D eigenvalue weighted by Gasteiger charge is 2.43. The molecule has 2 saturated heterocycles. The van der Waals surface area contributed by atoms with Crippen LogP contribution in [0.2, 0.25) is 0 Å². The Morgan fingerprint density at radius 3 is 2.56 bits per heavy atom. The first-order valence-corrected chi connectivity index (χ1v) is 15.4. The van der Waals surface area contributed by atoms with Gasteiger partial charge in [0.1, 0.15) is 0 Å². The molecule has 9 nitrogen and oxygen atoms in total. The van der Waals surface area contributed by atoms with Crippen molar-refractivity contribution < 1.29 is 27.5 Å². The number of nitrogens with zero attached hydrogens (tertiary/aromatic N) is 4. The molecule has 2 amide bonds. The van der Waals surface area contributed by atoms with Gasteiger partial charge in [-0.1, -0.05) is 6.92 Å². The zero-order valence-corrected chi connectivity index (χ0v) is 24.8. The van der Waals surface area contributed by atoms with E-state index in [1.54, 1.807) is 17.2 Å². The summed E-state index contributed by atoms with van der Waals surface area (Å²) in [5, 5.41) is 6.40. The van der Waals surface area contributed by atoms with Gasteiger partial charge in [-0.2, -0.15) is 13.2 Å². The third kappa shape index (κ3) is 7.05. The van der Waals surface area contributed by atoms with Crippen molar-refractivity contribution in [1.29, 1.82) is 0 Å². The van der Waals surface area contributed by atoms with Crippen molar-refractivity contribution in [2.75, 3.05) is 44.2 Å². The minimum absolute atomic E-state index is 0.00598. The number of piperazine rings is 1. The number of rotatable bonds is 8. The first kappa shape index (κ1) is 31.0. The Bertz CT molecular complexity index is 1280. The topological polar surface area (TPSA) is 99.7 Å². The Morgan fingerprint density at radius 1 is 1.09 bits per heavy atom. The van der Waals surface area contributed by atoms with Crippen LogP contribution in [0.1, 0.15) is 62.9 Å². The number of nitrogens with one attached hydrogen (secondary N) is 2. The van der Waals surface area contributed by atoms with Crippen molar-refractivity contribution in [3.63, 3.8) is 0 Å². The molecule has 43 heavy (non-hydrogen) atoms. The van der Waals surface area contributed by atoms with E-state index in [4.69, 9.17) is 9.72 Å². The van der Waals surface area contributed by atoms with Crippen LogP contribution in [-0.4, -0.2) is 84.3 Å². The second-order valence-electron chi connectivity index (χ2n) is 11.6. The second kappa shape index (κ2) is 13.5. The molecule has 0 unspecified atom stereocenters. The molecule has 2 aromatic heterocycles. The lowest BCUT2D eigenvalue weighted by Gasteiger charge is -2.44. The van der Waals surface area contributed by atoms with Crippen molar-refractivity contribution in [2.45, 2.75) is 70.6 Å². The highest BCUT2D eigenvalue weighted by molar-refractivity contribution is 5.99. The van der Waals surface area contributed by atoms with Crippen LogP contribution in [0.25, 0.3) is 11.3 Å². The van der Waals surface area contributed by atoms with E-state index in [1.165, 1.54) is 0 Å². The molecular weight excluding hydrogens is 561 g/mol. The van der Waals surface area contributed by atoms with Gasteiger partial charge in [0, 0.05) is 50.4 Å². The van der Waals surface area contributed by atoms with Gasteiger partial charge in [0.05, 0.1) is 29.5 Å². The molecule has 3 aliphatic rings. The predicted octanol–water partition coefficient (Wildman–Crippen LogP) is 4.43. The van der Waals surface area contributed by atoms with Gasteiger partial charge in [0.25, 0.3) is 5.91 Å². The van der Waals surface area contributed by atoms with Crippen molar-refractivity contribution >= 4 is 17.5 Å². The number of ether oxygens (including phenoxy) is 1. The second-order valence-corrected chi connectivity index (χ2v) is 11.6. The summed E-state index contributed by atoms with van der Waals surface area (Å²) in [6.07, 6.45) is -0.446. The van der Waals surface area contributed by atoms with Gasteiger partial charge >= 0.3 is 6.18 Å². The number of hydrogen-bond donors (Lipinski definition) is 2. The Balaban J connectivity index is 1.37. The summed E-state index contributed by atoms with van der Waals surface area (Å²) in [7, 11) is 0. The first-order valence-electron chi connectivity index (χ1n) is 15.4. The van der Waals surface area contributed by atoms with Crippen LogP contribution < -0.4 is 20.3 Å². The maximum atomic E-state index is 13.7. The molecule has 0 bridgehead atoms. The fourth-order valence-electron chi connectivity index (χ4n) is 6.52. The number of carbonyl (C=O) groups excluding carboxylic acids is 2. The number of pyridine rings is 2. The number of amides is 2. The summed E-state index contributed by atoms with van der Waals surface area (Å²) in [5.41, 5.74) is 2.26. The van der Waals surface area contributed by atoms with Crippen LogP contribution in [0, 0.1) is 11.8 Å². The quantitative estimate of drug-likeness (QED) is 0.461. The van der Waals surface area contributed by atoms with E-state index < -0.39 is 12.1 Å². The maximum Gasteiger partial charge on any atom is 0.391 e. The first-order chi connectivity index (χ1) is 20.7. The number of alkyl halides is 3. The standard InChI is InChI=1S/C31H41F3N6O3/c1-3-23-19-39(30(42)20-7-9-21(10-8-20)31(32,33)34)16-17-40(23)26-12-11-25(24-6-5-14-36-29(24)43-4-2)38-27(26)28(41)37-22-13-15-35-18-22/h5-6,11-12,14,20-23,35H,3-4,7-10,13,15-19H2,1-2H3,(H,37,41)/t20-,21+,22-,23-/m1/s1. The van der Waals surface area contributed by atoms with Gasteiger partial charge in [0.2, 0.25) is 11.8 Å². The monoisotopic (exact) mass is 602 g/mol. The molecule has 2 atom stereocenters. The maximum absolute atomic E-state index is 13.7. The predicted molar refractivity (Wildman–Crippen MR) is 157 cm³/mol. The Hall–Kier alpha value is -3.41. The third-order valence-electron chi connectivity index (χ3n) is 8.93. The molecule has 5 rings (SSSR count). The van der Waals surface area contributed by atoms with Crippen LogP contribution in [0.3, 0.4) is 0 Å². The molecule has 1 aliphatic carbocycles. The van der Waals surface area contributed by atoms with Gasteiger partial charge in [0.15, 0.2) is 5.69 Å². The van der Waals surface area contributed by atoms with E-state index in [0.717, 1.165) is 19.4 Å². The zero-order valence-electron chi connectivity index (χ0n) is 24.8. The SMILES string of the molecule is CCOc1ncccc1-c1ccc(N2CCN(C(=O)[C@H]3CC[C@@H](C(F)(F)F)CC3)C[C@H]2CC)c(C(=O)N[C@@H]2CCNC2)n1. The summed E-state index contributed by atoms with van der Waals surface area (Å²) in [6.45, 7) is 7.26. The van der Waals surface area contributed by atoms with E-state index in [9.17, 15) is 22.8 Å². The van der Waals surface area contributed by atoms with Gasteiger partial charge in [-0.05, 0) is 76.3 Å². The molecule has 3 fully saturated rings. The summed E-state index contributed by atoms with van der Waals surface area (Å²) < 4.78 is 45.2. The van der Waals surface area contributed by atoms with E-state index in [2.05, 4.69) is 20.5 Å². The smallest absolute Gasteiger partial charge is 0.391 e. The molecule has 2 aliphatic heterocycles. The van der Waals surface area contributed by atoms with E-state index >= 15 is 0 Å². The van der Waals surface area contributed by atoms with E-state index in [-0.39, 0.29) is 55.5 Å². The van der Waals surface area contributed by atoms with Crippen molar-refractivity contribution in [1.82, 2.24) is 25.5 Å². The fourth-order valence-corrected chi connectivity index (χ4v) is 6.52. The average molecular weight is 603 g/mol. The normalized spacial score (nSPS) is 24.6. The van der Waals surface area contributed by atoms with Crippen molar-refractivity contribution in [3.05, 3.63) is 36.2 Å². The van der Waals surface area contributed by atoms with Crippen LogP contribution in [-0.2, 0) is 4.79 Å². The van der Waals surface area contributed by atoms with Gasteiger partial charge in [-0.25, -0.2) is 9.97 Å². The lowest BCUT2D eigenvalue weighted by Crippen LogP contribution is -2.56. The van der Waals surface area contributed by atoms with E-state index in [0.29, 0.717) is 61.3 Å². The van der Waals surface area contributed by atoms with Crippen molar-refractivity contribution in [2.24, 2.45) is 11.8 Å². The highest BCUT2D eigenvalue weighted by atomic mass is 19.4. The van der Waals surface area contributed by atoms with Crippen LogP contribution in [0.15, 0.2) is 30.5 Å². The zero-order chi connectivity index (χ0) is 30.6. The Labute approximate surface area is 250 Å². The average Bonchev–Trinajstić information content (AvgIpc) is 3.53. The molecule has 0 spiro atoms. The highest BCUT2D eigenvalue weighted by Crippen LogP contribution is 2.40. The minimum atomic E-state index is -4.20. The summed E-state index contributed by atoms with van der Waals surface area (Å²) in [5.74, 6) is -1.56. The molecule has 0 radical (unpaired) electrons. The molecular formula is C31H41F3N6O3. The molecule has 0 aromatic carbocycles. The fraction of sp³-hybridized carbons (Fsp3) is 0.613. The molecule has 2 aromatic rings. The van der Waals surface area contributed by atoms with Crippen LogP contribution >= 0.6 is 0 Å². The minimum Gasteiger partial charge on any atom is -0.477 e. The molecule has 1 saturated carbocycles. The lowest BCUT2D eigenvalue weighted by atomic mass is 9.81. The molecule has 12 heteroatoms. The third-order valence-corrected chi connectivity index (χ3v) is 8.93. The largest absolute Gasteiger partial charge is 0.477 e. The van der Waals surface area contributed by atoms with Crippen LogP contribution in [0.4, 0.5) is 18.9 Å². The summed E-state index contributed by atoms with van der Waals surface area (Å²) in [4.78, 5) is 40.3. The molecule has 234 valence electrons. The summed E-state index contributed by atoms with van der Waals surface area (Å²) >= 11 is 0. The Morgan fingerprint density at radius 2 is 1.88 bits per heavy atom. The van der Waals surface area contributed by atoms with Gasteiger partial charge in [-0.3, -0.25) is 9.59 Å². The molecule has 2 N–H and O–H groups in total. The van der Waals surface area contributed by atoms with Crippen LogP contribution in [0.5, 0.6) is 5.88 Å². The van der Waals surface area contributed by atoms with Crippen molar-refractivity contribution in [3.8, 4) is 17.1 Å². The van der Waals surface area contributed by atoms with E-state index in [1.807, 2.05) is 32.0 Å². The number of carbonyl (C=O) groups is 2. The number of anilines is 1. The summed E-state index contributed by atoms with van der Waals surface area (Å²) in [6, 6.07) is 7.37. The van der Waals surface area contributed by atoms with Gasteiger partial charge in [-0.15, -0.1) is 0 Å². The lowest BCUT2D eigenvalue weighted by molar-refractivity contribution is -0.185. The Kier molecular flexibility index (Phi) is 9.73. The number of aromatic nitrogens is 2. The number of halogens is 3. The number of hydrogen-bond acceptors (Lipinski definition) is 7.